The smallest absolute Gasteiger partial charge is 0.331 e. The van der Waals surface area contributed by atoms with Crippen LogP contribution < -0.4 is 17.0 Å². The molecule has 0 aliphatic carbocycles. The second kappa shape index (κ2) is 5.16. The molecule has 0 aliphatic heterocycles. The standard InChI is InChI=1S/C14H15N3O3/c1-9-4-3-5-10(6-9)7-17-13(19)11(12(15)18)8-16(2)14(17)20/h3-6,8H,7H2,1-2H3,(H2,15,18). The van der Waals surface area contributed by atoms with Gasteiger partial charge in [0.15, 0.2) is 0 Å². The Morgan fingerprint density at radius 2 is 2.00 bits per heavy atom. The number of nitrogens with zero attached hydrogens (tertiary/aromatic N) is 2. The van der Waals surface area contributed by atoms with Crippen LogP contribution in [0.25, 0.3) is 0 Å². The number of nitrogens with two attached hydrogens (primary N) is 1. The van der Waals surface area contributed by atoms with Gasteiger partial charge in [0.1, 0.15) is 5.56 Å². The highest BCUT2D eigenvalue weighted by molar-refractivity contribution is 5.92. The third-order valence-electron chi connectivity index (χ3n) is 3.02. The van der Waals surface area contributed by atoms with Crippen LogP contribution in [0.3, 0.4) is 0 Å². The SMILES string of the molecule is Cc1cccc(Cn2c(=O)c(C(N)=O)cn(C)c2=O)c1. The van der Waals surface area contributed by atoms with Crippen LogP contribution in [0.2, 0.25) is 0 Å². The van der Waals surface area contributed by atoms with E-state index < -0.39 is 17.2 Å². The maximum atomic E-state index is 12.1. The van der Waals surface area contributed by atoms with Gasteiger partial charge in [-0.2, -0.15) is 0 Å². The van der Waals surface area contributed by atoms with Crippen molar-refractivity contribution in [1.82, 2.24) is 9.13 Å². The summed E-state index contributed by atoms with van der Waals surface area (Å²) in [5, 5.41) is 0. The number of aromatic nitrogens is 2. The Bertz CT molecular complexity index is 787. The van der Waals surface area contributed by atoms with E-state index in [9.17, 15) is 14.4 Å². The summed E-state index contributed by atoms with van der Waals surface area (Å²) < 4.78 is 2.19. The number of amides is 1. The first-order valence-corrected chi connectivity index (χ1v) is 6.06. The predicted octanol–water partition coefficient (Wildman–Crippen LogP) is 0.00262. The Labute approximate surface area is 115 Å². The van der Waals surface area contributed by atoms with Gasteiger partial charge < -0.3 is 10.3 Å². The van der Waals surface area contributed by atoms with E-state index in [-0.39, 0.29) is 12.1 Å². The van der Waals surface area contributed by atoms with Crippen LogP contribution in [-0.2, 0) is 13.6 Å². The molecular weight excluding hydrogens is 258 g/mol. The summed E-state index contributed by atoms with van der Waals surface area (Å²) in [7, 11) is 1.47. The molecule has 104 valence electrons. The number of rotatable bonds is 3. The molecule has 0 aliphatic rings. The molecule has 2 aromatic rings. The second-order valence-electron chi connectivity index (χ2n) is 4.68. The first kappa shape index (κ1) is 13.8. The van der Waals surface area contributed by atoms with E-state index in [0.717, 1.165) is 15.7 Å². The largest absolute Gasteiger partial charge is 0.365 e. The first-order chi connectivity index (χ1) is 9.40. The third-order valence-corrected chi connectivity index (χ3v) is 3.02. The van der Waals surface area contributed by atoms with Gasteiger partial charge in [0.2, 0.25) is 0 Å². The van der Waals surface area contributed by atoms with E-state index in [4.69, 9.17) is 5.73 Å². The van der Waals surface area contributed by atoms with Gasteiger partial charge in [0.25, 0.3) is 11.5 Å². The number of hydrogen-bond donors (Lipinski definition) is 1. The highest BCUT2D eigenvalue weighted by atomic mass is 16.2. The van der Waals surface area contributed by atoms with E-state index in [1.807, 2.05) is 31.2 Å². The minimum atomic E-state index is -0.844. The molecule has 1 amide bonds. The molecule has 0 saturated carbocycles. The molecule has 6 nitrogen and oxygen atoms in total. The number of benzene rings is 1. The van der Waals surface area contributed by atoms with Crippen molar-refractivity contribution in [3.05, 3.63) is 68.0 Å². The van der Waals surface area contributed by atoms with Gasteiger partial charge in [-0.05, 0) is 12.5 Å². The summed E-state index contributed by atoms with van der Waals surface area (Å²) in [5.74, 6) is -0.844. The molecule has 0 atom stereocenters. The maximum Gasteiger partial charge on any atom is 0.331 e. The highest BCUT2D eigenvalue weighted by Gasteiger charge is 2.14. The molecule has 0 unspecified atom stereocenters. The van der Waals surface area contributed by atoms with Crippen LogP contribution in [0.5, 0.6) is 0 Å². The molecule has 20 heavy (non-hydrogen) atoms. The normalized spacial score (nSPS) is 10.5. The fourth-order valence-electron chi connectivity index (χ4n) is 2.03. The molecule has 0 fully saturated rings. The molecule has 1 aromatic carbocycles. The summed E-state index contributed by atoms with van der Waals surface area (Å²) >= 11 is 0. The summed E-state index contributed by atoms with van der Waals surface area (Å²) in [4.78, 5) is 35.4. The summed E-state index contributed by atoms with van der Waals surface area (Å²) in [6, 6.07) is 7.46. The van der Waals surface area contributed by atoms with Crippen molar-refractivity contribution in [2.24, 2.45) is 12.8 Å². The van der Waals surface area contributed by atoms with Gasteiger partial charge in [-0.15, -0.1) is 0 Å². The van der Waals surface area contributed by atoms with E-state index in [2.05, 4.69) is 0 Å². The predicted molar refractivity (Wildman–Crippen MR) is 74.7 cm³/mol. The lowest BCUT2D eigenvalue weighted by molar-refractivity contribution is 0.0997. The Morgan fingerprint density at radius 1 is 1.30 bits per heavy atom. The molecule has 1 heterocycles. The van der Waals surface area contributed by atoms with Crippen LogP contribution >= 0.6 is 0 Å². The Morgan fingerprint density at radius 3 is 2.60 bits per heavy atom. The van der Waals surface area contributed by atoms with Crippen LogP contribution in [0.15, 0.2) is 40.1 Å². The quantitative estimate of drug-likeness (QED) is 0.854. The molecule has 1 aromatic heterocycles. The number of primary amides is 1. The van der Waals surface area contributed by atoms with Gasteiger partial charge >= 0.3 is 5.69 Å². The van der Waals surface area contributed by atoms with Crippen LogP contribution in [0, 0.1) is 6.92 Å². The summed E-state index contributed by atoms with van der Waals surface area (Å²) in [6.07, 6.45) is 1.17. The van der Waals surface area contributed by atoms with Gasteiger partial charge in [-0.25, -0.2) is 4.79 Å². The Balaban J connectivity index is 2.60. The highest BCUT2D eigenvalue weighted by Crippen LogP contribution is 2.04. The van der Waals surface area contributed by atoms with Crippen LogP contribution in [0.4, 0.5) is 0 Å². The zero-order chi connectivity index (χ0) is 14.9. The summed E-state index contributed by atoms with van der Waals surface area (Å²) in [6.45, 7) is 2.03. The Hall–Kier alpha value is -2.63. The lowest BCUT2D eigenvalue weighted by atomic mass is 10.1. The monoisotopic (exact) mass is 273 g/mol. The van der Waals surface area contributed by atoms with E-state index in [1.54, 1.807) is 0 Å². The van der Waals surface area contributed by atoms with Crippen molar-refractivity contribution in [1.29, 1.82) is 0 Å². The van der Waals surface area contributed by atoms with Crippen molar-refractivity contribution in [3.63, 3.8) is 0 Å². The zero-order valence-corrected chi connectivity index (χ0v) is 11.3. The van der Waals surface area contributed by atoms with Crippen molar-refractivity contribution in [3.8, 4) is 0 Å². The molecule has 0 spiro atoms. The first-order valence-electron chi connectivity index (χ1n) is 6.06. The van der Waals surface area contributed by atoms with Crippen molar-refractivity contribution in [2.45, 2.75) is 13.5 Å². The number of carbonyl (C=O) groups excluding carboxylic acids is 1. The maximum absolute atomic E-state index is 12.1. The molecular formula is C14H15N3O3. The Kier molecular flexibility index (Phi) is 3.56. The average Bonchev–Trinajstić information content (AvgIpc) is 2.38. The van der Waals surface area contributed by atoms with Gasteiger partial charge in [0, 0.05) is 13.2 Å². The van der Waals surface area contributed by atoms with E-state index >= 15 is 0 Å². The molecule has 6 heteroatoms. The number of hydrogen-bond acceptors (Lipinski definition) is 3. The van der Waals surface area contributed by atoms with Gasteiger partial charge in [0.05, 0.1) is 6.54 Å². The fraction of sp³-hybridized carbons (Fsp3) is 0.214. The zero-order valence-electron chi connectivity index (χ0n) is 11.3. The van der Waals surface area contributed by atoms with E-state index in [1.165, 1.54) is 17.8 Å². The minimum absolute atomic E-state index is 0.105. The van der Waals surface area contributed by atoms with Crippen LogP contribution in [-0.4, -0.2) is 15.0 Å². The average molecular weight is 273 g/mol. The van der Waals surface area contributed by atoms with Crippen LogP contribution in [0.1, 0.15) is 21.5 Å². The fourth-order valence-corrected chi connectivity index (χ4v) is 2.03. The van der Waals surface area contributed by atoms with Crippen molar-refractivity contribution >= 4 is 5.91 Å². The molecule has 0 radical (unpaired) electrons. The number of aryl methyl sites for hydroxylation is 2. The molecule has 0 bridgehead atoms. The second-order valence-corrected chi connectivity index (χ2v) is 4.68. The molecule has 0 saturated heterocycles. The lowest BCUT2D eigenvalue weighted by Crippen LogP contribution is -2.42. The third kappa shape index (κ3) is 2.54. The molecule has 2 N–H and O–H groups in total. The topological polar surface area (TPSA) is 87.1 Å². The van der Waals surface area contributed by atoms with E-state index in [0.29, 0.717) is 0 Å². The summed E-state index contributed by atoms with van der Waals surface area (Å²) in [5.41, 5.74) is 5.65. The van der Waals surface area contributed by atoms with Crippen molar-refractivity contribution < 1.29 is 4.79 Å². The van der Waals surface area contributed by atoms with Crippen molar-refractivity contribution in [2.75, 3.05) is 0 Å². The van der Waals surface area contributed by atoms with Gasteiger partial charge in [-0.1, -0.05) is 29.8 Å². The minimum Gasteiger partial charge on any atom is -0.365 e. The number of carbonyl (C=O) groups is 1. The lowest BCUT2D eigenvalue weighted by Gasteiger charge is -2.09. The van der Waals surface area contributed by atoms with Gasteiger partial charge in [-0.3, -0.25) is 14.2 Å². The molecule has 2 rings (SSSR count).